The van der Waals surface area contributed by atoms with E-state index in [-0.39, 0.29) is 11.8 Å². The first-order valence-corrected chi connectivity index (χ1v) is 8.00. The summed E-state index contributed by atoms with van der Waals surface area (Å²) >= 11 is 0. The Bertz CT molecular complexity index is 502. The quantitative estimate of drug-likeness (QED) is 0.842. The third-order valence-corrected chi connectivity index (χ3v) is 5.52. The van der Waals surface area contributed by atoms with Gasteiger partial charge in [-0.05, 0) is 33.1 Å². The molecule has 0 aliphatic carbocycles. The van der Waals surface area contributed by atoms with Gasteiger partial charge in [0.25, 0.3) is 0 Å². The summed E-state index contributed by atoms with van der Waals surface area (Å²) in [6, 6.07) is -0.0900. The monoisotopic (exact) mass is 272 g/mol. The molecule has 0 amide bonds. The first-order chi connectivity index (χ1) is 8.47. The molecule has 18 heavy (non-hydrogen) atoms. The Labute approximate surface area is 108 Å². The van der Waals surface area contributed by atoms with Crippen LogP contribution in [0.1, 0.15) is 49.2 Å². The molecule has 1 aromatic heterocycles. The summed E-state index contributed by atoms with van der Waals surface area (Å²) in [4.78, 5) is 0. The summed E-state index contributed by atoms with van der Waals surface area (Å²) in [6.07, 6.45) is 2.40. The summed E-state index contributed by atoms with van der Waals surface area (Å²) in [5.41, 5.74) is 1.75. The highest BCUT2D eigenvalue weighted by molar-refractivity contribution is 7.89. The summed E-state index contributed by atoms with van der Waals surface area (Å²) in [5.74, 6) is 0.948. The standard InChI is InChI=1S/C12H20N2O3S/c1-4-8-18(15,16)14-7-5-6-11(14)12-9(2)13-17-10(12)3/h11H,4-8H2,1-3H3/t11-/m0/s1. The summed E-state index contributed by atoms with van der Waals surface area (Å²) in [5, 5.41) is 3.93. The zero-order chi connectivity index (χ0) is 13.3. The Morgan fingerprint density at radius 2 is 2.17 bits per heavy atom. The van der Waals surface area contributed by atoms with E-state index in [4.69, 9.17) is 4.52 Å². The molecule has 0 bridgehead atoms. The molecular weight excluding hydrogens is 252 g/mol. The van der Waals surface area contributed by atoms with E-state index in [1.165, 1.54) is 0 Å². The average Bonchev–Trinajstić information content (AvgIpc) is 2.86. The second kappa shape index (κ2) is 5.01. The van der Waals surface area contributed by atoms with Crippen LogP contribution in [-0.2, 0) is 10.0 Å². The predicted octanol–water partition coefficient (Wildman–Crippen LogP) is 2.17. The third kappa shape index (κ3) is 2.31. The Balaban J connectivity index is 2.34. The minimum Gasteiger partial charge on any atom is -0.361 e. The van der Waals surface area contributed by atoms with Crippen molar-refractivity contribution in [2.75, 3.05) is 12.3 Å². The van der Waals surface area contributed by atoms with Crippen molar-refractivity contribution >= 4 is 10.0 Å². The number of sulfonamides is 1. The highest BCUT2D eigenvalue weighted by Crippen LogP contribution is 2.37. The molecule has 1 aromatic rings. The Kier molecular flexibility index (Phi) is 3.77. The number of aromatic nitrogens is 1. The molecule has 0 radical (unpaired) electrons. The zero-order valence-corrected chi connectivity index (χ0v) is 12.0. The smallest absolute Gasteiger partial charge is 0.214 e. The van der Waals surface area contributed by atoms with Gasteiger partial charge in [-0.2, -0.15) is 4.31 Å². The first-order valence-electron chi connectivity index (χ1n) is 6.39. The topological polar surface area (TPSA) is 63.4 Å². The molecule has 0 saturated carbocycles. The third-order valence-electron chi connectivity index (χ3n) is 3.44. The Morgan fingerprint density at radius 3 is 2.72 bits per heavy atom. The molecule has 1 atom stereocenters. The Hall–Kier alpha value is -0.880. The van der Waals surface area contributed by atoms with Crippen LogP contribution in [0, 0.1) is 13.8 Å². The van der Waals surface area contributed by atoms with Gasteiger partial charge in [0.2, 0.25) is 10.0 Å². The van der Waals surface area contributed by atoms with Crippen LogP contribution in [0.2, 0.25) is 0 Å². The van der Waals surface area contributed by atoms with Gasteiger partial charge in [-0.3, -0.25) is 0 Å². The molecule has 1 saturated heterocycles. The minimum atomic E-state index is -3.15. The molecule has 2 heterocycles. The lowest BCUT2D eigenvalue weighted by atomic mass is 10.0. The SMILES string of the molecule is CCCS(=O)(=O)N1CCC[C@H]1c1c(C)noc1C. The van der Waals surface area contributed by atoms with Crippen molar-refractivity contribution in [3.05, 3.63) is 17.0 Å². The van der Waals surface area contributed by atoms with Crippen LogP contribution in [0.5, 0.6) is 0 Å². The summed E-state index contributed by atoms with van der Waals surface area (Å²) < 4.78 is 31.3. The molecule has 1 aliphatic rings. The molecule has 0 unspecified atom stereocenters. The molecule has 5 nitrogen and oxygen atoms in total. The number of hydrogen-bond acceptors (Lipinski definition) is 4. The van der Waals surface area contributed by atoms with Crippen LogP contribution >= 0.6 is 0 Å². The van der Waals surface area contributed by atoms with Crippen molar-refractivity contribution in [3.8, 4) is 0 Å². The lowest BCUT2D eigenvalue weighted by Crippen LogP contribution is -2.32. The lowest BCUT2D eigenvalue weighted by Gasteiger charge is -2.23. The molecule has 0 spiro atoms. The molecular formula is C12H20N2O3S. The molecule has 0 N–H and O–H groups in total. The van der Waals surface area contributed by atoms with Gasteiger partial charge in [0, 0.05) is 12.1 Å². The van der Waals surface area contributed by atoms with Crippen LogP contribution in [0.25, 0.3) is 0 Å². The summed E-state index contributed by atoms with van der Waals surface area (Å²) in [6.45, 7) is 6.21. The van der Waals surface area contributed by atoms with Crippen molar-refractivity contribution < 1.29 is 12.9 Å². The van der Waals surface area contributed by atoms with E-state index in [0.29, 0.717) is 13.0 Å². The van der Waals surface area contributed by atoms with Gasteiger partial charge >= 0.3 is 0 Å². The van der Waals surface area contributed by atoms with Gasteiger partial charge in [-0.1, -0.05) is 12.1 Å². The van der Waals surface area contributed by atoms with Gasteiger partial charge in [-0.25, -0.2) is 8.42 Å². The van der Waals surface area contributed by atoms with Gasteiger partial charge in [0.05, 0.1) is 17.5 Å². The summed E-state index contributed by atoms with van der Waals surface area (Å²) in [7, 11) is -3.15. The number of rotatable bonds is 4. The maximum absolute atomic E-state index is 12.2. The molecule has 1 aliphatic heterocycles. The first kappa shape index (κ1) is 13.5. The molecule has 6 heteroatoms. The van der Waals surface area contributed by atoms with E-state index in [1.54, 1.807) is 4.31 Å². The predicted molar refractivity (Wildman–Crippen MR) is 68.7 cm³/mol. The number of hydrogen-bond donors (Lipinski definition) is 0. The van der Waals surface area contributed by atoms with Crippen molar-refractivity contribution in [3.63, 3.8) is 0 Å². The maximum Gasteiger partial charge on any atom is 0.214 e. The molecule has 1 fully saturated rings. The highest BCUT2D eigenvalue weighted by Gasteiger charge is 2.37. The van der Waals surface area contributed by atoms with Crippen LogP contribution in [0.3, 0.4) is 0 Å². The van der Waals surface area contributed by atoms with E-state index in [2.05, 4.69) is 5.16 Å². The molecule has 102 valence electrons. The fourth-order valence-electron chi connectivity index (χ4n) is 2.70. The van der Waals surface area contributed by atoms with Crippen LogP contribution in [0.4, 0.5) is 0 Å². The lowest BCUT2D eigenvalue weighted by molar-refractivity contribution is 0.376. The van der Waals surface area contributed by atoms with Crippen LogP contribution in [-0.4, -0.2) is 30.2 Å². The fourth-order valence-corrected chi connectivity index (χ4v) is 4.46. The van der Waals surface area contributed by atoms with Gasteiger partial charge in [0.1, 0.15) is 5.76 Å². The van der Waals surface area contributed by atoms with E-state index >= 15 is 0 Å². The van der Waals surface area contributed by atoms with Crippen molar-refractivity contribution in [1.29, 1.82) is 0 Å². The highest BCUT2D eigenvalue weighted by atomic mass is 32.2. The van der Waals surface area contributed by atoms with Gasteiger partial charge in [-0.15, -0.1) is 0 Å². The van der Waals surface area contributed by atoms with Crippen molar-refractivity contribution in [2.24, 2.45) is 0 Å². The maximum atomic E-state index is 12.2. The largest absolute Gasteiger partial charge is 0.361 e. The Morgan fingerprint density at radius 1 is 1.44 bits per heavy atom. The molecule has 2 rings (SSSR count). The minimum absolute atomic E-state index is 0.0900. The van der Waals surface area contributed by atoms with E-state index in [9.17, 15) is 8.42 Å². The van der Waals surface area contributed by atoms with Gasteiger partial charge in [0.15, 0.2) is 0 Å². The second-order valence-corrected chi connectivity index (χ2v) is 6.86. The van der Waals surface area contributed by atoms with Crippen molar-refractivity contribution in [2.45, 2.75) is 46.1 Å². The van der Waals surface area contributed by atoms with Crippen LogP contribution in [0.15, 0.2) is 4.52 Å². The number of aryl methyl sites for hydroxylation is 2. The van der Waals surface area contributed by atoms with E-state index in [0.717, 1.165) is 29.9 Å². The second-order valence-electron chi connectivity index (χ2n) is 4.82. The van der Waals surface area contributed by atoms with Gasteiger partial charge < -0.3 is 4.52 Å². The molecule has 0 aromatic carbocycles. The van der Waals surface area contributed by atoms with Crippen molar-refractivity contribution in [1.82, 2.24) is 9.46 Å². The normalized spacial score (nSPS) is 21.6. The number of nitrogens with zero attached hydrogens (tertiary/aromatic N) is 2. The van der Waals surface area contributed by atoms with E-state index in [1.807, 2.05) is 20.8 Å². The van der Waals surface area contributed by atoms with E-state index < -0.39 is 10.0 Å². The van der Waals surface area contributed by atoms with Crippen LogP contribution < -0.4 is 0 Å². The zero-order valence-electron chi connectivity index (χ0n) is 11.1. The fraction of sp³-hybridized carbons (Fsp3) is 0.750. The average molecular weight is 272 g/mol.